The molecule has 0 bridgehead atoms. The Morgan fingerprint density at radius 3 is 2.67 bits per heavy atom. The molecule has 0 saturated heterocycles. The van der Waals surface area contributed by atoms with E-state index in [2.05, 4.69) is 15.5 Å². The number of para-hydroxylation sites is 1. The van der Waals surface area contributed by atoms with E-state index in [9.17, 15) is 18.0 Å². The number of aromatic nitrogens is 2. The Balaban J connectivity index is 2.03. The van der Waals surface area contributed by atoms with Gasteiger partial charge < -0.3 is 10.1 Å². The zero-order chi connectivity index (χ0) is 15.5. The molecule has 0 fully saturated rings. The number of hydrogen-bond donors (Lipinski definition) is 1. The highest BCUT2D eigenvalue weighted by atomic mass is 32.1. The molecular weight excluding hydrogens is 307 g/mol. The van der Waals surface area contributed by atoms with E-state index in [1.165, 1.54) is 7.11 Å². The number of methoxy groups -OCH3 is 1. The summed E-state index contributed by atoms with van der Waals surface area (Å²) in [5.74, 6) is 0.0327. The van der Waals surface area contributed by atoms with Crippen molar-refractivity contribution in [2.45, 2.75) is 12.6 Å². The Morgan fingerprint density at radius 1 is 1.33 bits per heavy atom. The minimum atomic E-state index is -4.57. The number of halogens is 3. The van der Waals surface area contributed by atoms with E-state index in [1.54, 1.807) is 24.3 Å². The minimum Gasteiger partial charge on any atom is -0.496 e. The van der Waals surface area contributed by atoms with Crippen molar-refractivity contribution in [3.8, 4) is 5.75 Å². The van der Waals surface area contributed by atoms with Gasteiger partial charge in [0.15, 0.2) is 0 Å². The second kappa shape index (κ2) is 6.08. The SMILES string of the molecule is COc1ccccc1CC(=O)Nc1nnc(C(F)(F)F)s1. The van der Waals surface area contributed by atoms with Gasteiger partial charge in [-0.2, -0.15) is 13.2 Å². The molecule has 0 aliphatic carbocycles. The molecule has 1 aromatic carbocycles. The molecule has 112 valence electrons. The number of ether oxygens (including phenoxy) is 1. The molecule has 0 aliphatic rings. The second-order valence-corrected chi connectivity index (χ2v) is 4.92. The fourth-order valence-electron chi connectivity index (χ4n) is 1.57. The molecular formula is C12H10F3N3O2S. The van der Waals surface area contributed by atoms with Crippen molar-refractivity contribution in [3.63, 3.8) is 0 Å². The molecule has 1 N–H and O–H groups in total. The van der Waals surface area contributed by atoms with Crippen molar-refractivity contribution in [2.24, 2.45) is 0 Å². The van der Waals surface area contributed by atoms with Crippen LogP contribution in [0.2, 0.25) is 0 Å². The third kappa shape index (κ3) is 3.91. The zero-order valence-electron chi connectivity index (χ0n) is 10.8. The summed E-state index contributed by atoms with van der Waals surface area (Å²) in [6, 6.07) is 6.87. The maximum Gasteiger partial charge on any atom is 0.445 e. The first-order valence-corrected chi connectivity index (χ1v) is 6.54. The first-order valence-electron chi connectivity index (χ1n) is 5.72. The fraction of sp³-hybridized carbons (Fsp3) is 0.250. The third-order valence-corrected chi connectivity index (χ3v) is 3.34. The molecule has 9 heteroatoms. The number of nitrogens with one attached hydrogen (secondary N) is 1. The summed E-state index contributed by atoms with van der Waals surface area (Å²) in [6.45, 7) is 0. The van der Waals surface area contributed by atoms with Gasteiger partial charge >= 0.3 is 6.18 Å². The smallest absolute Gasteiger partial charge is 0.445 e. The molecule has 2 aromatic rings. The number of alkyl halides is 3. The van der Waals surface area contributed by atoms with Gasteiger partial charge in [0, 0.05) is 5.56 Å². The van der Waals surface area contributed by atoms with Crippen LogP contribution >= 0.6 is 11.3 Å². The standard InChI is InChI=1S/C12H10F3N3O2S/c1-20-8-5-3-2-4-7(8)6-9(19)16-11-18-17-10(21-11)12(13,14)15/h2-5H,6H2,1H3,(H,16,18,19). The monoisotopic (exact) mass is 317 g/mol. The van der Waals surface area contributed by atoms with Crippen molar-refractivity contribution in [3.05, 3.63) is 34.8 Å². The van der Waals surface area contributed by atoms with E-state index < -0.39 is 17.1 Å². The van der Waals surface area contributed by atoms with Gasteiger partial charge in [0.25, 0.3) is 0 Å². The molecule has 1 heterocycles. The average Bonchev–Trinajstić information content (AvgIpc) is 2.87. The normalized spacial score (nSPS) is 11.2. The summed E-state index contributed by atoms with van der Waals surface area (Å²) in [5.41, 5.74) is 0.623. The van der Waals surface area contributed by atoms with Crippen LogP contribution in [-0.4, -0.2) is 23.2 Å². The highest BCUT2D eigenvalue weighted by Gasteiger charge is 2.35. The van der Waals surface area contributed by atoms with Crippen LogP contribution in [-0.2, 0) is 17.4 Å². The highest BCUT2D eigenvalue weighted by Crippen LogP contribution is 2.33. The van der Waals surface area contributed by atoms with Crippen LogP contribution in [0, 0.1) is 0 Å². The van der Waals surface area contributed by atoms with E-state index in [1.807, 2.05) is 0 Å². The van der Waals surface area contributed by atoms with Crippen molar-refractivity contribution in [1.82, 2.24) is 10.2 Å². The predicted octanol–water partition coefficient (Wildman–Crippen LogP) is 2.75. The molecule has 1 amide bonds. The molecule has 0 atom stereocenters. The Bertz CT molecular complexity index is 643. The van der Waals surface area contributed by atoms with Crippen molar-refractivity contribution in [1.29, 1.82) is 0 Å². The van der Waals surface area contributed by atoms with E-state index in [0.717, 1.165) is 0 Å². The summed E-state index contributed by atoms with van der Waals surface area (Å²) in [7, 11) is 1.47. The minimum absolute atomic E-state index is 0.0368. The van der Waals surface area contributed by atoms with Crippen LogP contribution in [0.4, 0.5) is 18.3 Å². The summed E-state index contributed by atoms with van der Waals surface area (Å²) in [4.78, 5) is 11.8. The van der Waals surface area contributed by atoms with Crippen LogP contribution in [0.25, 0.3) is 0 Å². The lowest BCUT2D eigenvalue weighted by Crippen LogP contribution is -2.14. The second-order valence-electron chi connectivity index (χ2n) is 3.95. The number of amides is 1. The Hall–Kier alpha value is -2.16. The molecule has 0 spiro atoms. The van der Waals surface area contributed by atoms with Crippen LogP contribution in [0.15, 0.2) is 24.3 Å². The maximum absolute atomic E-state index is 12.4. The number of anilines is 1. The largest absolute Gasteiger partial charge is 0.496 e. The topological polar surface area (TPSA) is 64.1 Å². The van der Waals surface area contributed by atoms with Gasteiger partial charge in [-0.3, -0.25) is 4.79 Å². The predicted molar refractivity (Wildman–Crippen MR) is 70.2 cm³/mol. The van der Waals surface area contributed by atoms with Crippen molar-refractivity contribution in [2.75, 3.05) is 12.4 Å². The molecule has 0 saturated carbocycles. The molecule has 0 unspecified atom stereocenters. The van der Waals surface area contributed by atoms with Gasteiger partial charge in [0.05, 0.1) is 13.5 Å². The summed E-state index contributed by atoms with van der Waals surface area (Å²) >= 11 is 0.278. The number of carbonyl (C=O) groups is 1. The van der Waals surface area contributed by atoms with Crippen molar-refractivity contribution < 1.29 is 22.7 Å². The molecule has 5 nitrogen and oxygen atoms in total. The maximum atomic E-state index is 12.4. The van der Waals surface area contributed by atoms with Gasteiger partial charge in [-0.25, -0.2) is 0 Å². The molecule has 0 radical (unpaired) electrons. The number of rotatable bonds is 4. The lowest BCUT2D eigenvalue weighted by Gasteiger charge is -2.07. The van der Waals surface area contributed by atoms with Crippen molar-refractivity contribution >= 4 is 22.4 Å². The van der Waals surface area contributed by atoms with Gasteiger partial charge in [-0.15, -0.1) is 10.2 Å². The van der Waals surface area contributed by atoms with Crippen LogP contribution in [0.5, 0.6) is 5.75 Å². The molecule has 2 rings (SSSR count). The summed E-state index contributed by atoms with van der Waals surface area (Å²) in [5, 5.41) is 7.27. The molecule has 1 aromatic heterocycles. The van der Waals surface area contributed by atoms with Crippen LogP contribution in [0.3, 0.4) is 0 Å². The van der Waals surface area contributed by atoms with Gasteiger partial charge in [-0.1, -0.05) is 29.5 Å². The first-order chi connectivity index (χ1) is 9.90. The van der Waals surface area contributed by atoms with Gasteiger partial charge in [0.1, 0.15) is 5.75 Å². The van der Waals surface area contributed by atoms with E-state index in [-0.39, 0.29) is 22.9 Å². The van der Waals surface area contributed by atoms with E-state index in [4.69, 9.17) is 4.74 Å². The van der Waals surface area contributed by atoms with Gasteiger partial charge in [-0.05, 0) is 6.07 Å². The highest BCUT2D eigenvalue weighted by molar-refractivity contribution is 7.15. The number of benzene rings is 1. The number of carbonyl (C=O) groups excluding carboxylic acids is 1. The van der Waals surface area contributed by atoms with E-state index in [0.29, 0.717) is 11.3 Å². The average molecular weight is 317 g/mol. The lowest BCUT2D eigenvalue weighted by atomic mass is 10.1. The van der Waals surface area contributed by atoms with Crippen LogP contribution in [0.1, 0.15) is 10.6 Å². The van der Waals surface area contributed by atoms with Crippen LogP contribution < -0.4 is 10.1 Å². The zero-order valence-corrected chi connectivity index (χ0v) is 11.6. The summed E-state index contributed by atoms with van der Waals surface area (Å²) in [6.07, 6.45) is -4.60. The van der Waals surface area contributed by atoms with Gasteiger partial charge in [0.2, 0.25) is 16.0 Å². The first kappa shape index (κ1) is 15.2. The van der Waals surface area contributed by atoms with E-state index >= 15 is 0 Å². The Kier molecular flexibility index (Phi) is 4.41. The number of nitrogens with zero attached hydrogens (tertiary/aromatic N) is 2. The summed E-state index contributed by atoms with van der Waals surface area (Å²) < 4.78 is 42.2. The Labute approximate surface area is 121 Å². The number of hydrogen-bond acceptors (Lipinski definition) is 5. The molecule has 21 heavy (non-hydrogen) atoms. The quantitative estimate of drug-likeness (QED) is 0.942. The third-order valence-electron chi connectivity index (χ3n) is 2.46. The lowest BCUT2D eigenvalue weighted by molar-refractivity contribution is -0.138. The Morgan fingerprint density at radius 2 is 2.05 bits per heavy atom. The fourth-order valence-corrected chi connectivity index (χ4v) is 2.20. The molecule has 0 aliphatic heterocycles.